The van der Waals surface area contributed by atoms with Crippen LogP contribution in [0, 0.1) is 10.1 Å². The zero-order valence-corrected chi connectivity index (χ0v) is 14.4. The number of rotatable bonds is 5. The number of halogens is 1. The summed E-state index contributed by atoms with van der Waals surface area (Å²) in [7, 11) is 0. The summed E-state index contributed by atoms with van der Waals surface area (Å²) in [6, 6.07) is 12.5. The van der Waals surface area contributed by atoms with Crippen LogP contribution in [0.3, 0.4) is 0 Å². The molecule has 1 fully saturated rings. The van der Waals surface area contributed by atoms with Gasteiger partial charge in [0.2, 0.25) is 0 Å². The number of benzene rings is 2. The van der Waals surface area contributed by atoms with Gasteiger partial charge in [-0.25, -0.2) is 0 Å². The molecule has 0 radical (unpaired) electrons. The third-order valence-electron chi connectivity index (χ3n) is 4.49. The summed E-state index contributed by atoms with van der Waals surface area (Å²) in [5.41, 5.74) is 2.08. The molecule has 0 spiro atoms. The number of quaternary nitrogens is 1. The minimum absolute atomic E-state index is 0.0112. The lowest BCUT2D eigenvalue weighted by atomic mass is 10.1. The maximum absolute atomic E-state index is 11.3. The normalized spacial score (nSPS) is 15.2. The third kappa shape index (κ3) is 4.15. The van der Waals surface area contributed by atoms with E-state index in [4.69, 9.17) is 11.6 Å². The van der Waals surface area contributed by atoms with Crippen molar-refractivity contribution in [2.24, 2.45) is 0 Å². The highest BCUT2D eigenvalue weighted by Crippen LogP contribution is 2.28. The molecule has 1 aliphatic heterocycles. The van der Waals surface area contributed by atoms with Gasteiger partial charge < -0.3 is 9.80 Å². The third-order valence-corrected chi connectivity index (χ3v) is 4.72. The molecule has 0 amide bonds. The molecule has 6 nitrogen and oxygen atoms in total. The summed E-state index contributed by atoms with van der Waals surface area (Å²) in [4.78, 5) is 25.2. The summed E-state index contributed by atoms with van der Waals surface area (Å²) in [5.74, 6) is 0. The Morgan fingerprint density at radius 3 is 2.60 bits per heavy atom. The quantitative estimate of drug-likeness (QED) is 0.503. The molecule has 0 aromatic heterocycles. The molecule has 0 bridgehead atoms. The Labute approximate surface area is 150 Å². The first-order chi connectivity index (χ1) is 12.1. The lowest BCUT2D eigenvalue weighted by Gasteiger charge is -2.33. The molecule has 1 N–H and O–H groups in total. The number of carbonyl (C=O) groups excluding carboxylic acids is 1. The van der Waals surface area contributed by atoms with E-state index in [0.717, 1.165) is 37.7 Å². The predicted octanol–water partition coefficient (Wildman–Crippen LogP) is 1.97. The van der Waals surface area contributed by atoms with Crippen LogP contribution in [0.1, 0.15) is 15.9 Å². The minimum Gasteiger partial charge on any atom is -0.355 e. The number of hydrogen-bond acceptors (Lipinski definition) is 4. The highest BCUT2D eigenvalue weighted by molar-refractivity contribution is 6.30. The van der Waals surface area contributed by atoms with E-state index >= 15 is 0 Å². The molecule has 0 unspecified atom stereocenters. The SMILES string of the molecule is O=Cc1ccc(N2CC[NH+](Cc3cccc(Cl)c3)CC2)c([N+](=O)[O-])c1. The molecule has 2 aromatic carbocycles. The Kier molecular flexibility index (Phi) is 5.31. The molecular formula is C18H19ClN3O3+. The van der Waals surface area contributed by atoms with E-state index in [1.54, 1.807) is 12.1 Å². The Morgan fingerprint density at radius 1 is 1.20 bits per heavy atom. The number of nitrogens with one attached hydrogen (secondary N) is 1. The summed E-state index contributed by atoms with van der Waals surface area (Å²) < 4.78 is 0. The van der Waals surface area contributed by atoms with Crippen LogP contribution in [-0.2, 0) is 6.54 Å². The van der Waals surface area contributed by atoms with Crippen molar-refractivity contribution in [1.82, 2.24) is 0 Å². The Morgan fingerprint density at radius 2 is 1.96 bits per heavy atom. The Balaban J connectivity index is 1.68. The first-order valence-corrected chi connectivity index (χ1v) is 8.51. The average Bonchev–Trinajstić information content (AvgIpc) is 2.62. The van der Waals surface area contributed by atoms with Crippen molar-refractivity contribution in [1.29, 1.82) is 0 Å². The van der Waals surface area contributed by atoms with E-state index < -0.39 is 4.92 Å². The van der Waals surface area contributed by atoms with Gasteiger partial charge in [-0.15, -0.1) is 0 Å². The molecule has 1 aliphatic rings. The van der Waals surface area contributed by atoms with Crippen molar-refractivity contribution >= 4 is 29.3 Å². The lowest BCUT2D eigenvalue weighted by Crippen LogP contribution is -3.13. The van der Waals surface area contributed by atoms with E-state index in [2.05, 4.69) is 6.07 Å². The summed E-state index contributed by atoms with van der Waals surface area (Å²) in [5, 5.41) is 12.1. The summed E-state index contributed by atoms with van der Waals surface area (Å²) in [6.45, 7) is 4.13. The molecule has 7 heteroatoms. The van der Waals surface area contributed by atoms with Gasteiger partial charge in [-0.3, -0.25) is 14.9 Å². The van der Waals surface area contributed by atoms with E-state index in [0.29, 0.717) is 17.5 Å². The van der Waals surface area contributed by atoms with Gasteiger partial charge in [-0.2, -0.15) is 0 Å². The molecular weight excluding hydrogens is 342 g/mol. The highest BCUT2D eigenvalue weighted by Gasteiger charge is 2.26. The molecule has 0 aliphatic carbocycles. The maximum Gasteiger partial charge on any atom is 0.293 e. The van der Waals surface area contributed by atoms with Gasteiger partial charge in [0.1, 0.15) is 18.5 Å². The number of hydrogen-bond donors (Lipinski definition) is 1. The molecule has 0 atom stereocenters. The van der Waals surface area contributed by atoms with Crippen LogP contribution in [0.4, 0.5) is 11.4 Å². The molecule has 130 valence electrons. The van der Waals surface area contributed by atoms with Crippen molar-refractivity contribution in [3.05, 3.63) is 68.7 Å². The molecule has 2 aromatic rings. The van der Waals surface area contributed by atoms with Crippen LogP contribution >= 0.6 is 11.6 Å². The number of aldehydes is 1. The fourth-order valence-electron chi connectivity index (χ4n) is 3.20. The zero-order valence-electron chi connectivity index (χ0n) is 13.7. The molecule has 3 rings (SSSR count). The van der Waals surface area contributed by atoms with Crippen LogP contribution in [-0.4, -0.2) is 37.4 Å². The van der Waals surface area contributed by atoms with Crippen molar-refractivity contribution in [2.75, 3.05) is 31.1 Å². The second-order valence-corrected chi connectivity index (χ2v) is 6.60. The van der Waals surface area contributed by atoms with Gasteiger partial charge in [0.05, 0.1) is 31.1 Å². The Hall–Kier alpha value is -2.44. The van der Waals surface area contributed by atoms with Gasteiger partial charge >= 0.3 is 0 Å². The maximum atomic E-state index is 11.3. The van der Waals surface area contributed by atoms with Crippen molar-refractivity contribution in [2.45, 2.75) is 6.54 Å². The van der Waals surface area contributed by atoms with Gasteiger partial charge in [-0.05, 0) is 24.3 Å². The van der Waals surface area contributed by atoms with Crippen molar-refractivity contribution < 1.29 is 14.6 Å². The zero-order chi connectivity index (χ0) is 17.8. The predicted molar refractivity (Wildman–Crippen MR) is 96.5 cm³/mol. The second-order valence-electron chi connectivity index (χ2n) is 6.17. The van der Waals surface area contributed by atoms with Gasteiger partial charge in [0.15, 0.2) is 0 Å². The number of nitro groups is 1. The average molecular weight is 361 g/mol. The van der Waals surface area contributed by atoms with Gasteiger partial charge in [0.25, 0.3) is 5.69 Å². The number of nitro benzene ring substituents is 1. The van der Waals surface area contributed by atoms with Crippen molar-refractivity contribution in [3.63, 3.8) is 0 Å². The summed E-state index contributed by atoms with van der Waals surface area (Å²) >= 11 is 6.03. The number of carbonyl (C=O) groups is 1. The van der Waals surface area contributed by atoms with Gasteiger partial charge in [-0.1, -0.05) is 23.7 Å². The number of nitrogens with zero attached hydrogens (tertiary/aromatic N) is 2. The van der Waals surface area contributed by atoms with Crippen LogP contribution in [0.15, 0.2) is 42.5 Å². The first kappa shape index (κ1) is 17.4. The number of piperazine rings is 1. The van der Waals surface area contributed by atoms with Crippen LogP contribution in [0.25, 0.3) is 0 Å². The smallest absolute Gasteiger partial charge is 0.293 e. The van der Waals surface area contributed by atoms with Crippen LogP contribution in [0.2, 0.25) is 5.02 Å². The van der Waals surface area contributed by atoms with Crippen molar-refractivity contribution in [3.8, 4) is 0 Å². The second kappa shape index (κ2) is 7.63. The van der Waals surface area contributed by atoms with E-state index in [1.165, 1.54) is 16.5 Å². The Bertz CT molecular complexity index is 789. The first-order valence-electron chi connectivity index (χ1n) is 8.13. The molecule has 0 saturated carbocycles. The fourth-order valence-corrected chi connectivity index (χ4v) is 3.42. The standard InChI is InChI=1S/C18H18ClN3O3/c19-16-3-1-2-14(10-16)12-20-6-8-21(9-7-20)17-5-4-15(13-23)11-18(17)22(24)25/h1-5,10-11,13H,6-9,12H2/p+1. The highest BCUT2D eigenvalue weighted by atomic mass is 35.5. The molecule has 1 heterocycles. The fraction of sp³-hybridized carbons (Fsp3) is 0.278. The monoisotopic (exact) mass is 360 g/mol. The minimum atomic E-state index is -0.423. The van der Waals surface area contributed by atoms with Crippen LogP contribution in [0.5, 0.6) is 0 Å². The molecule has 1 saturated heterocycles. The van der Waals surface area contributed by atoms with E-state index in [9.17, 15) is 14.9 Å². The lowest BCUT2D eigenvalue weighted by molar-refractivity contribution is -0.914. The van der Waals surface area contributed by atoms with Crippen LogP contribution < -0.4 is 9.80 Å². The van der Waals surface area contributed by atoms with E-state index in [1.807, 2.05) is 23.1 Å². The number of anilines is 1. The van der Waals surface area contributed by atoms with E-state index in [-0.39, 0.29) is 5.69 Å². The molecule has 25 heavy (non-hydrogen) atoms. The topological polar surface area (TPSA) is 67.9 Å². The van der Waals surface area contributed by atoms with Gasteiger partial charge in [0, 0.05) is 22.2 Å². The largest absolute Gasteiger partial charge is 0.355 e. The summed E-state index contributed by atoms with van der Waals surface area (Å²) in [6.07, 6.45) is 0.629.